The van der Waals surface area contributed by atoms with Gasteiger partial charge >= 0.3 is 11.9 Å². The monoisotopic (exact) mass is 332 g/mol. The number of rotatable bonds is 2. The van der Waals surface area contributed by atoms with Gasteiger partial charge in [0.05, 0.1) is 31.3 Å². The third kappa shape index (κ3) is 1.62. The molecule has 2 atom stereocenters. The maximum atomic E-state index is 12.3. The van der Waals surface area contributed by atoms with Gasteiger partial charge in [0.25, 0.3) is 0 Å². The van der Waals surface area contributed by atoms with Crippen LogP contribution in [0.1, 0.15) is 21.8 Å². The van der Waals surface area contributed by atoms with Gasteiger partial charge in [-0.05, 0) is 12.1 Å². The molecule has 4 rings (SSSR count). The Morgan fingerprint density at radius 3 is 2.54 bits per heavy atom. The standard InChI is InChI=1S/C16H12O8/c1-21-11-7(17)3-5-9-10-6(15(19)23-13(9)11)4-8(18)12(22-2)14(10)24-16(5)20/h3-4,9,13,17-18H,1-2H3/t9-,13-/m0/s1. The highest BCUT2D eigenvalue weighted by Gasteiger charge is 2.51. The first-order chi connectivity index (χ1) is 11.5. The fraction of sp³-hybridized carbons (Fsp3) is 0.250. The molecule has 0 saturated heterocycles. The van der Waals surface area contributed by atoms with Gasteiger partial charge in [0.2, 0.25) is 5.75 Å². The van der Waals surface area contributed by atoms with E-state index in [4.69, 9.17) is 18.9 Å². The summed E-state index contributed by atoms with van der Waals surface area (Å²) in [6.45, 7) is 0. The van der Waals surface area contributed by atoms with Crippen LogP contribution in [0.5, 0.6) is 17.2 Å². The summed E-state index contributed by atoms with van der Waals surface area (Å²) in [7, 11) is 2.64. The largest absolute Gasteiger partial charge is 0.504 e. The zero-order chi connectivity index (χ0) is 17.2. The van der Waals surface area contributed by atoms with E-state index in [0.29, 0.717) is 5.56 Å². The van der Waals surface area contributed by atoms with Gasteiger partial charge in [-0.2, -0.15) is 0 Å². The minimum atomic E-state index is -1.00. The molecule has 0 aromatic heterocycles. The van der Waals surface area contributed by atoms with Crippen molar-refractivity contribution in [1.82, 2.24) is 0 Å². The highest BCUT2D eigenvalue weighted by Crippen LogP contribution is 2.55. The van der Waals surface area contributed by atoms with Crippen LogP contribution in [0.3, 0.4) is 0 Å². The lowest BCUT2D eigenvalue weighted by molar-refractivity contribution is -0.132. The van der Waals surface area contributed by atoms with E-state index in [1.807, 2.05) is 0 Å². The van der Waals surface area contributed by atoms with E-state index < -0.39 is 24.0 Å². The molecule has 2 N–H and O–H groups in total. The lowest BCUT2D eigenvalue weighted by Gasteiger charge is -2.39. The van der Waals surface area contributed by atoms with E-state index in [-0.39, 0.29) is 39.9 Å². The van der Waals surface area contributed by atoms with Crippen molar-refractivity contribution in [2.45, 2.75) is 12.0 Å². The van der Waals surface area contributed by atoms with Crippen LogP contribution < -0.4 is 9.47 Å². The number of hydrogen-bond acceptors (Lipinski definition) is 8. The molecule has 2 heterocycles. The summed E-state index contributed by atoms with van der Waals surface area (Å²) in [4.78, 5) is 24.7. The van der Waals surface area contributed by atoms with E-state index in [2.05, 4.69) is 0 Å². The van der Waals surface area contributed by atoms with Crippen LogP contribution in [0, 0.1) is 0 Å². The van der Waals surface area contributed by atoms with Crippen molar-refractivity contribution in [2.75, 3.05) is 14.2 Å². The SMILES string of the molecule is COC1=C(O)C=C2C(=O)Oc3c(OC)c(O)cc4c3[C@H]2[C@@H]1OC4=O. The molecule has 1 aromatic carbocycles. The zero-order valence-corrected chi connectivity index (χ0v) is 12.7. The van der Waals surface area contributed by atoms with Crippen LogP contribution in [-0.2, 0) is 14.3 Å². The van der Waals surface area contributed by atoms with E-state index in [1.165, 1.54) is 26.4 Å². The Bertz CT molecular complexity index is 863. The Morgan fingerprint density at radius 1 is 1.12 bits per heavy atom. The highest BCUT2D eigenvalue weighted by atomic mass is 16.6. The van der Waals surface area contributed by atoms with Crippen molar-refractivity contribution in [3.05, 3.63) is 40.4 Å². The number of aliphatic hydroxyl groups excluding tert-OH is 1. The van der Waals surface area contributed by atoms with Crippen molar-refractivity contribution in [2.24, 2.45) is 0 Å². The quantitative estimate of drug-likeness (QED) is 0.616. The number of allylic oxidation sites excluding steroid dienone is 1. The van der Waals surface area contributed by atoms with Gasteiger partial charge in [0.1, 0.15) is 0 Å². The van der Waals surface area contributed by atoms with Crippen LogP contribution in [0.2, 0.25) is 0 Å². The number of ether oxygens (including phenoxy) is 4. The first-order valence-corrected chi connectivity index (χ1v) is 7.03. The molecule has 1 aromatic rings. The summed E-state index contributed by atoms with van der Waals surface area (Å²) in [5.74, 6) is -2.87. The first-order valence-electron chi connectivity index (χ1n) is 7.03. The lowest BCUT2D eigenvalue weighted by atomic mass is 9.76. The number of hydrogen-bond donors (Lipinski definition) is 2. The summed E-state index contributed by atoms with van der Waals surface area (Å²) >= 11 is 0. The predicted molar refractivity (Wildman–Crippen MR) is 77.0 cm³/mol. The zero-order valence-electron chi connectivity index (χ0n) is 12.7. The summed E-state index contributed by atoms with van der Waals surface area (Å²) in [5, 5.41) is 20.1. The summed E-state index contributed by atoms with van der Waals surface area (Å²) in [6.07, 6.45) is 0.226. The molecule has 0 fully saturated rings. The van der Waals surface area contributed by atoms with Crippen LogP contribution in [0.15, 0.2) is 29.2 Å². The second-order valence-electron chi connectivity index (χ2n) is 5.47. The summed E-state index contributed by atoms with van der Waals surface area (Å²) < 4.78 is 20.8. The Labute approximate surface area is 135 Å². The Morgan fingerprint density at radius 2 is 1.88 bits per heavy atom. The van der Waals surface area contributed by atoms with Gasteiger partial charge < -0.3 is 29.2 Å². The predicted octanol–water partition coefficient (Wildman–Crippen LogP) is 1.30. The summed E-state index contributed by atoms with van der Waals surface area (Å²) in [6, 6.07) is 1.21. The van der Waals surface area contributed by atoms with Crippen LogP contribution in [0.25, 0.3) is 0 Å². The number of benzene rings is 1. The molecule has 1 aliphatic carbocycles. The van der Waals surface area contributed by atoms with Crippen molar-refractivity contribution in [3.8, 4) is 17.2 Å². The molecule has 0 unspecified atom stereocenters. The number of carbonyl (C=O) groups is 2. The van der Waals surface area contributed by atoms with Crippen LogP contribution in [-0.4, -0.2) is 42.5 Å². The number of phenolic OH excluding ortho intramolecular Hbond substituents is 1. The molecular formula is C16H12O8. The Kier molecular flexibility index (Phi) is 2.81. The third-order valence-corrected chi connectivity index (χ3v) is 4.32. The Balaban J connectivity index is 2.06. The highest BCUT2D eigenvalue weighted by molar-refractivity contribution is 6.02. The third-order valence-electron chi connectivity index (χ3n) is 4.32. The number of methoxy groups -OCH3 is 2. The van der Waals surface area contributed by atoms with Crippen LogP contribution >= 0.6 is 0 Å². The maximum Gasteiger partial charge on any atom is 0.340 e. The topological polar surface area (TPSA) is 112 Å². The van der Waals surface area contributed by atoms with Gasteiger partial charge in [-0.1, -0.05) is 0 Å². The van der Waals surface area contributed by atoms with E-state index >= 15 is 0 Å². The minimum Gasteiger partial charge on any atom is -0.504 e. The smallest absolute Gasteiger partial charge is 0.340 e. The van der Waals surface area contributed by atoms with Gasteiger partial charge in [-0.15, -0.1) is 0 Å². The van der Waals surface area contributed by atoms with E-state index in [1.54, 1.807) is 0 Å². The molecule has 3 aliphatic rings. The fourth-order valence-electron chi connectivity index (χ4n) is 3.35. The van der Waals surface area contributed by atoms with Crippen molar-refractivity contribution < 1.29 is 38.7 Å². The molecule has 0 radical (unpaired) electrons. The number of aliphatic hydroxyl groups is 1. The average molecular weight is 332 g/mol. The van der Waals surface area contributed by atoms with E-state index in [0.717, 1.165) is 0 Å². The van der Waals surface area contributed by atoms with Gasteiger partial charge in [-0.25, -0.2) is 9.59 Å². The molecule has 124 valence electrons. The molecule has 8 nitrogen and oxygen atoms in total. The molecule has 0 amide bonds. The molecule has 8 heteroatoms. The molecule has 2 aliphatic heterocycles. The average Bonchev–Trinajstić information content (AvgIpc) is 2.54. The van der Waals surface area contributed by atoms with E-state index in [9.17, 15) is 19.8 Å². The number of carbonyl (C=O) groups excluding carboxylic acids is 2. The minimum absolute atomic E-state index is 0.0295. The molecule has 0 bridgehead atoms. The Hall–Kier alpha value is -3.16. The molecular weight excluding hydrogens is 320 g/mol. The second-order valence-corrected chi connectivity index (χ2v) is 5.47. The van der Waals surface area contributed by atoms with Gasteiger partial charge in [0.15, 0.2) is 29.1 Å². The van der Waals surface area contributed by atoms with Crippen molar-refractivity contribution >= 4 is 11.9 Å². The number of esters is 2. The normalized spacial score (nSPS) is 23.8. The van der Waals surface area contributed by atoms with Crippen LogP contribution in [0.4, 0.5) is 0 Å². The summed E-state index contributed by atoms with van der Waals surface area (Å²) in [5.41, 5.74) is 0.561. The van der Waals surface area contributed by atoms with Crippen molar-refractivity contribution in [1.29, 1.82) is 0 Å². The lowest BCUT2D eigenvalue weighted by Crippen LogP contribution is -2.42. The van der Waals surface area contributed by atoms with Gasteiger partial charge in [-0.3, -0.25) is 0 Å². The first kappa shape index (κ1) is 14.4. The molecule has 0 spiro atoms. The molecule has 24 heavy (non-hydrogen) atoms. The fourth-order valence-corrected chi connectivity index (χ4v) is 3.35. The number of phenols is 1. The van der Waals surface area contributed by atoms with Gasteiger partial charge in [0, 0.05) is 5.56 Å². The molecule has 0 saturated carbocycles. The second kappa shape index (κ2) is 4.67. The number of aromatic hydroxyl groups is 1. The maximum absolute atomic E-state index is 12.3. The van der Waals surface area contributed by atoms with Crippen molar-refractivity contribution in [3.63, 3.8) is 0 Å².